The number of hydrogen-bond donors (Lipinski definition) is 2. The Morgan fingerprint density at radius 2 is 2.10 bits per heavy atom. The van der Waals surface area contributed by atoms with E-state index in [1.54, 1.807) is 6.92 Å². The third kappa shape index (κ3) is 4.97. The minimum absolute atomic E-state index is 0.0590. The third-order valence-electron chi connectivity index (χ3n) is 2.60. The molecule has 0 saturated carbocycles. The van der Waals surface area contributed by atoms with Gasteiger partial charge in [0.15, 0.2) is 9.84 Å². The minimum atomic E-state index is -3.10. The van der Waals surface area contributed by atoms with Crippen LogP contribution in [-0.2, 0) is 9.84 Å². The lowest BCUT2D eigenvalue weighted by atomic mass is 10.2. The standard InChI is InChI=1S/C12H18ClN3O3S/c1-3-14-11-7-9(10(13)8-16-11)12(17)15-5-6-20(18,19)4-2/h7-8H,3-6H2,1-2H3,(H,14,16)(H,15,17). The van der Waals surface area contributed by atoms with E-state index < -0.39 is 15.7 Å². The number of anilines is 1. The molecule has 0 saturated heterocycles. The second-order valence-corrected chi connectivity index (χ2v) is 6.95. The Hall–Kier alpha value is -1.34. The molecule has 0 atom stereocenters. The summed E-state index contributed by atoms with van der Waals surface area (Å²) in [5, 5.41) is 5.74. The highest BCUT2D eigenvalue weighted by Gasteiger charge is 2.13. The molecule has 0 radical (unpaired) electrons. The van der Waals surface area contributed by atoms with Crippen molar-refractivity contribution in [1.82, 2.24) is 10.3 Å². The van der Waals surface area contributed by atoms with Crippen molar-refractivity contribution in [3.05, 3.63) is 22.8 Å². The summed E-state index contributed by atoms with van der Waals surface area (Å²) in [6, 6.07) is 1.54. The van der Waals surface area contributed by atoms with Gasteiger partial charge in [-0.1, -0.05) is 18.5 Å². The normalized spacial score (nSPS) is 11.2. The first-order valence-electron chi connectivity index (χ1n) is 6.27. The molecular weight excluding hydrogens is 302 g/mol. The van der Waals surface area contributed by atoms with Crippen LogP contribution < -0.4 is 10.6 Å². The largest absolute Gasteiger partial charge is 0.370 e. The van der Waals surface area contributed by atoms with Crippen LogP contribution in [0.2, 0.25) is 5.02 Å². The van der Waals surface area contributed by atoms with E-state index >= 15 is 0 Å². The molecule has 112 valence electrons. The van der Waals surface area contributed by atoms with Crippen LogP contribution in [0.4, 0.5) is 5.82 Å². The average molecular weight is 320 g/mol. The summed E-state index contributed by atoms with van der Waals surface area (Å²) in [4.78, 5) is 16.0. The number of nitrogens with zero attached hydrogens (tertiary/aromatic N) is 1. The van der Waals surface area contributed by atoms with Crippen LogP contribution in [0.3, 0.4) is 0 Å². The fourth-order valence-electron chi connectivity index (χ4n) is 1.45. The van der Waals surface area contributed by atoms with Gasteiger partial charge in [-0.25, -0.2) is 13.4 Å². The maximum atomic E-state index is 12.0. The monoisotopic (exact) mass is 319 g/mol. The van der Waals surface area contributed by atoms with Gasteiger partial charge in [0.05, 0.1) is 16.3 Å². The van der Waals surface area contributed by atoms with E-state index in [0.29, 0.717) is 12.4 Å². The van der Waals surface area contributed by atoms with Crippen LogP contribution in [0.15, 0.2) is 12.3 Å². The summed E-state index contributed by atoms with van der Waals surface area (Å²) >= 11 is 5.92. The number of amides is 1. The molecule has 0 bridgehead atoms. The topological polar surface area (TPSA) is 88.2 Å². The Labute approximate surface area is 123 Å². The fourth-order valence-corrected chi connectivity index (χ4v) is 2.34. The SMILES string of the molecule is CCNc1cc(C(=O)NCCS(=O)(=O)CC)c(Cl)cn1. The van der Waals surface area contributed by atoms with Crippen LogP contribution >= 0.6 is 11.6 Å². The van der Waals surface area contributed by atoms with E-state index in [1.807, 2.05) is 6.92 Å². The van der Waals surface area contributed by atoms with E-state index in [9.17, 15) is 13.2 Å². The summed E-state index contributed by atoms with van der Waals surface area (Å²) in [7, 11) is -3.10. The van der Waals surface area contributed by atoms with Gasteiger partial charge in [-0.15, -0.1) is 0 Å². The zero-order chi connectivity index (χ0) is 15.2. The summed E-state index contributed by atoms with van der Waals surface area (Å²) in [6.07, 6.45) is 1.39. The summed E-state index contributed by atoms with van der Waals surface area (Å²) in [5.41, 5.74) is 0.270. The molecule has 0 unspecified atom stereocenters. The van der Waals surface area contributed by atoms with Crippen molar-refractivity contribution in [2.75, 3.05) is 29.9 Å². The van der Waals surface area contributed by atoms with Crippen molar-refractivity contribution in [3.63, 3.8) is 0 Å². The molecule has 1 rings (SSSR count). The molecule has 0 aliphatic rings. The molecule has 8 heteroatoms. The molecule has 6 nitrogen and oxygen atoms in total. The number of pyridine rings is 1. The number of aromatic nitrogens is 1. The van der Waals surface area contributed by atoms with Gasteiger partial charge in [0, 0.05) is 25.0 Å². The van der Waals surface area contributed by atoms with Crippen molar-refractivity contribution in [2.24, 2.45) is 0 Å². The van der Waals surface area contributed by atoms with Gasteiger partial charge in [0.2, 0.25) is 0 Å². The zero-order valence-corrected chi connectivity index (χ0v) is 13.0. The van der Waals surface area contributed by atoms with Gasteiger partial charge in [0.25, 0.3) is 5.91 Å². The first kappa shape index (κ1) is 16.7. The van der Waals surface area contributed by atoms with Gasteiger partial charge in [-0.2, -0.15) is 0 Å². The lowest BCUT2D eigenvalue weighted by Crippen LogP contribution is -2.29. The van der Waals surface area contributed by atoms with Gasteiger partial charge < -0.3 is 10.6 Å². The number of nitrogens with one attached hydrogen (secondary N) is 2. The highest BCUT2D eigenvalue weighted by Crippen LogP contribution is 2.17. The summed E-state index contributed by atoms with van der Waals surface area (Å²) in [6.45, 7) is 4.21. The van der Waals surface area contributed by atoms with E-state index in [2.05, 4.69) is 15.6 Å². The minimum Gasteiger partial charge on any atom is -0.370 e. The molecule has 1 aromatic heterocycles. The lowest BCUT2D eigenvalue weighted by Gasteiger charge is -2.09. The van der Waals surface area contributed by atoms with E-state index in [0.717, 1.165) is 0 Å². The second kappa shape index (κ2) is 7.44. The van der Waals surface area contributed by atoms with Gasteiger partial charge >= 0.3 is 0 Å². The van der Waals surface area contributed by atoms with Crippen LogP contribution in [0.1, 0.15) is 24.2 Å². The van der Waals surface area contributed by atoms with E-state index in [4.69, 9.17) is 11.6 Å². The average Bonchev–Trinajstić information content (AvgIpc) is 2.41. The maximum Gasteiger partial charge on any atom is 0.253 e. The molecule has 0 aliphatic carbocycles. The van der Waals surface area contributed by atoms with E-state index in [-0.39, 0.29) is 28.6 Å². The Balaban J connectivity index is 2.70. The van der Waals surface area contributed by atoms with E-state index in [1.165, 1.54) is 12.3 Å². The quantitative estimate of drug-likeness (QED) is 0.791. The second-order valence-electron chi connectivity index (χ2n) is 4.07. The molecule has 0 fully saturated rings. The Morgan fingerprint density at radius 1 is 1.40 bits per heavy atom. The third-order valence-corrected chi connectivity index (χ3v) is 4.60. The molecule has 2 N–H and O–H groups in total. The lowest BCUT2D eigenvalue weighted by molar-refractivity contribution is 0.0956. The molecule has 1 amide bonds. The van der Waals surface area contributed by atoms with Crippen LogP contribution in [0.5, 0.6) is 0 Å². The zero-order valence-electron chi connectivity index (χ0n) is 11.4. The molecular formula is C12H18ClN3O3S. The molecule has 20 heavy (non-hydrogen) atoms. The van der Waals surface area contributed by atoms with Gasteiger partial charge in [-0.05, 0) is 13.0 Å². The summed E-state index contributed by atoms with van der Waals surface area (Å²) in [5.74, 6) is 0.104. The fraction of sp³-hybridized carbons (Fsp3) is 0.500. The van der Waals surface area contributed by atoms with Crippen molar-refractivity contribution in [3.8, 4) is 0 Å². The van der Waals surface area contributed by atoms with Crippen LogP contribution in [0.25, 0.3) is 0 Å². The number of carbonyl (C=O) groups is 1. The number of sulfone groups is 1. The number of halogens is 1. The Morgan fingerprint density at radius 3 is 2.70 bits per heavy atom. The first-order chi connectivity index (χ1) is 9.39. The van der Waals surface area contributed by atoms with Gasteiger partial charge in [-0.3, -0.25) is 4.79 Å². The highest BCUT2D eigenvalue weighted by molar-refractivity contribution is 7.91. The molecule has 0 aromatic carbocycles. The predicted octanol–water partition coefficient (Wildman–Crippen LogP) is 1.33. The Bertz CT molecular complexity index is 575. The molecule has 0 spiro atoms. The Kier molecular flexibility index (Phi) is 6.22. The molecule has 1 aromatic rings. The van der Waals surface area contributed by atoms with Crippen molar-refractivity contribution >= 4 is 33.2 Å². The number of rotatable bonds is 7. The van der Waals surface area contributed by atoms with Crippen LogP contribution in [-0.4, -0.2) is 43.9 Å². The maximum absolute atomic E-state index is 12.0. The molecule has 1 heterocycles. The van der Waals surface area contributed by atoms with Gasteiger partial charge in [0.1, 0.15) is 5.82 Å². The van der Waals surface area contributed by atoms with Crippen LogP contribution in [0, 0.1) is 0 Å². The first-order valence-corrected chi connectivity index (χ1v) is 8.47. The predicted molar refractivity (Wildman–Crippen MR) is 80.1 cm³/mol. The summed E-state index contributed by atoms with van der Waals surface area (Å²) < 4.78 is 22.7. The smallest absolute Gasteiger partial charge is 0.253 e. The highest BCUT2D eigenvalue weighted by atomic mass is 35.5. The molecule has 0 aliphatic heterocycles. The van der Waals surface area contributed by atoms with Crippen molar-refractivity contribution < 1.29 is 13.2 Å². The van der Waals surface area contributed by atoms with Crippen molar-refractivity contribution in [1.29, 1.82) is 0 Å². The number of hydrogen-bond acceptors (Lipinski definition) is 5. The number of carbonyl (C=O) groups excluding carboxylic acids is 1. The van der Waals surface area contributed by atoms with Crippen molar-refractivity contribution in [2.45, 2.75) is 13.8 Å².